The Morgan fingerprint density at radius 1 is 0.853 bits per heavy atom. The van der Waals surface area contributed by atoms with Crippen LogP contribution in [0.15, 0.2) is 0 Å². The van der Waals surface area contributed by atoms with Gasteiger partial charge in [-0.2, -0.15) is 0 Å². The molecular weight excluding hydrogens is 456 g/mol. The summed E-state index contributed by atoms with van der Waals surface area (Å²) in [5.41, 5.74) is 0. The van der Waals surface area contributed by atoms with Gasteiger partial charge in [0.25, 0.3) is 0 Å². The van der Waals surface area contributed by atoms with E-state index in [1.54, 1.807) is 4.90 Å². The van der Waals surface area contributed by atoms with E-state index in [0.29, 0.717) is 6.54 Å². The number of aliphatic hydroxyl groups is 1. The topological polar surface area (TPSA) is 111 Å². The van der Waals surface area contributed by atoms with Crippen molar-refractivity contribution in [3.63, 3.8) is 0 Å². The van der Waals surface area contributed by atoms with E-state index in [1.807, 2.05) is 0 Å². The van der Waals surface area contributed by atoms with Gasteiger partial charge in [-0.25, -0.2) is 18.1 Å². The van der Waals surface area contributed by atoms with Gasteiger partial charge in [-0.05, 0) is 19.8 Å². The molecule has 0 radical (unpaired) electrons. The van der Waals surface area contributed by atoms with E-state index in [1.165, 1.54) is 103 Å². The van der Waals surface area contributed by atoms with Crippen molar-refractivity contribution >= 4 is 16.4 Å². The monoisotopic (exact) mass is 508 g/mol. The molecule has 1 unspecified atom stereocenters. The fourth-order valence-corrected chi connectivity index (χ4v) is 4.59. The number of hydrogen-bond acceptors (Lipinski definition) is 6. The normalized spacial score (nSPS) is 16.1. The van der Waals surface area contributed by atoms with E-state index in [2.05, 4.69) is 11.1 Å². The van der Waals surface area contributed by atoms with E-state index in [9.17, 15) is 17.8 Å². The molecule has 0 bridgehead atoms. The molecule has 204 valence electrons. The highest BCUT2D eigenvalue weighted by Gasteiger charge is 2.32. The fourth-order valence-electron chi connectivity index (χ4n) is 4.30. The molecule has 1 fully saturated rings. The molecule has 0 aliphatic carbocycles. The van der Waals surface area contributed by atoms with Crippen LogP contribution in [0.2, 0.25) is 0 Å². The Bertz CT molecular complexity index is 574. The van der Waals surface area contributed by atoms with Crippen molar-refractivity contribution in [3.8, 4) is 0 Å². The van der Waals surface area contributed by atoms with Crippen LogP contribution in [0.5, 0.6) is 0 Å². The number of rotatable bonds is 21. The minimum atomic E-state index is -4.42. The van der Waals surface area contributed by atoms with Crippen LogP contribution < -0.4 is 4.90 Å². The molecule has 1 saturated heterocycles. The van der Waals surface area contributed by atoms with Gasteiger partial charge < -0.3 is 9.66 Å². The summed E-state index contributed by atoms with van der Waals surface area (Å²) >= 11 is 0. The average molecular weight is 509 g/mol. The molecule has 2 N–H and O–H groups in total. The number of nitrogens with zero attached hydrogens (tertiary/aromatic N) is 1. The summed E-state index contributed by atoms with van der Waals surface area (Å²) in [4.78, 5) is 14.9. The Hall–Kier alpha value is -0.740. The summed E-state index contributed by atoms with van der Waals surface area (Å²) < 4.78 is 32.0. The van der Waals surface area contributed by atoms with Gasteiger partial charge in [-0.3, -0.25) is 9.08 Å². The van der Waals surface area contributed by atoms with Crippen molar-refractivity contribution < 1.29 is 32.0 Å². The van der Waals surface area contributed by atoms with Crippen LogP contribution in [0, 0.1) is 0 Å². The number of amides is 2. The maximum Gasteiger partial charge on any atom is 0.417 e. The molecule has 1 heterocycles. The summed E-state index contributed by atoms with van der Waals surface area (Å²) in [7, 11) is -4.42. The lowest BCUT2D eigenvalue weighted by Gasteiger charge is -2.12. The highest BCUT2D eigenvalue weighted by molar-refractivity contribution is 7.80. The summed E-state index contributed by atoms with van der Waals surface area (Å²) in [6.07, 6.45) is 22.2. The Kier molecular flexibility index (Phi) is 22.2. The summed E-state index contributed by atoms with van der Waals surface area (Å²) in [5, 5.41) is 8.95. The predicted molar refractivity (Wildman–Crippen MR) is 136 cm³/mol. The lowest BCUT2D eigenvalue weighted by molar-refractivity contribution is -0.805. The zero-order chi connectivity index (χ0) is 25.5. The summed E-state index contributed by atoms with van der Waals surface area (Å²) in [6, 6.07) is 0.199. The maximum absolute atomic E-state index is 12.1. The molecule has 0 saturated carbocycles. The van der Waals surface area contributed by atoms with Gasteiger partial charge in [-0.15, -0.1) is 0 Å². The Morgan fingerprint density at radius 2 is 1.29 bits per heavy atom. The van der Waals surface area contributed by atoms with Crippen LogP contribution in [-0.4, -0.2) is 68.4 Å². The molecule has 1 rings (SSSR count). The predicted octanol–water partition coefficient (Wildman–Crippen LogP) is 4.04. The number of β-amino-alcohol motifs (C(OH)–C–C–N with tert-alkyl or cyclic N) is 1. The van der Waals surface area contributed by atoms with Gasteiger partial charge in [-0.1, -0.05) is 96.8 Å². The number of quaternary nitrogens is 1. The average Bonchev–Trinajstić information content (AvgIpc) is 3.12. The SMILES string of the molecule is CCCCCCCCCCCCCCCCCC[NH+]1CCN(CCO)C1=O.CCOS(=O)(=O)[O-]. The number of urea groups is 1. The third-order valence-corrected chi connectivity index (χ3v) is 6.76. The van der Waals surface area contributed by atoms with Gasteiger partial charge in [0.15, 0.2) is 0 Å². The minimum absolute atomic E-state index is 0.0814. The second-order valence-corrected chi connectivity index (χ2v) is 10.3. The molecule has 0 aromatic carbocycles. The first-order valence-electron chi connectivity index (χ1n) is 13.7. The van der Waals surface area contributed by atoms with Crippen molar-refractivity contribution in [2.75, 3.05) is 39.4 Å². The number of nitrogens with one attached hydrogen (secondary N) is 1. The first-order chi connectivity index (χ1) is 16.4. The zero-order valence-corrected chi connectivity index (χ0v) is 22.7. The molecule has 1 aliphatic rings. The molecule has 0 aromatic heterocycles. The number of aliphatic hydroxyl groups excluding tert-OH is 1. The van der Waals surface area contributed by atoms with Crippen molar-refractivity contribution in [2.24, 2.45) is 0 Å². The van der Waals surface area contributed by atoms with Gasteiger partial charge in [0, 0.05) is 6.54 Å². The molecule has 8 nitrogen and oxygen atoms in total. The number of carbonyl (C=O) groups excluding carboxylic acids is 1. The summed E-state index contributed by atoms with van der Waals surface area (Å²) in [6.45, 7) is 6.90. The van der Waals surface area contributed by atoms with Crippen LogP contribution in [0.25, 0.3) is 0 Å². The lowest BCUT2D eigenvalue weighted by atomic mass is 10.0. The fraction of sp³-hybridized carbons (Fsp3) is 0.960. The van der Waals surface area contributed by atoms with Crippen LogP contribution in [0.1, 0.15) is 117 Å². The Labute approximate surface area is 209 Å². The molecule has 0 aromatic rings. The van der Waals surface area contributed by atoms with Crippen molar-refractivity contribution in [1.82, 2.24) is 4.90 Å². The third kappa shape index (κ3) is 20.6. The number of hydrogen-bond donors (Lipinski definition) is 2. The minimum Gasteiger partial charge on any atom is -0.726 e. The molecule has 9 heteroatoms. The van der Waals surface area contributed by atoms with Crippen LogP contribution in [0.3, 0.4) is 0 Å². The van der Waals surface area contributed by atoms with Crippen LogP contribution in [-0.2, 0) is 14.6 Å². The van der Waals surface area contributed by atoms with Gasteiger partial charge >= 0.3 is 6.03 Å². The molecule has 1 aliphatic heterocycles. The number of unbranched alkanes of at least 4 members (excludes halogenated alkanes) is 15. The van der Waals surface area contributed by atoms with Crippen LogP contribution >= 0.6 is 0 Å². The van der Waals surface area contributed by atoms with E-state index in [4.69, 9.17) is 5.11 Å². The lowest BCUT2D eigenvalue weighted by Crippen LogP contribution is -3.13. The third-order valence-electron chi connectivity index (χ3n) is 6.24. The molecule has 2 amide bonds. The smallest absolute Gasteiger partial charge is 0.417 e. The van der Waals surface area contributed by atoms with Gasteiger partial charge in [0.05, 0.1) is 26.3 Å². The highest BCUT2D eigenvalue weighted by atomic mass is 32.3. The Balaban J connectivity index is 0.00000135. The first kappa shape index (κ1) is 33.3. The summed E-state index contributed by atoms with van der Waals surface area (Å²) in [5.74, 6) is 0. The number of carbonyl (C=O) groups is 1. The zero-order valence-electron chi connectivity index (χ0n) is 21.9. The first-order valence-corrected chi connectivity index (χ1v) is 15.0. The van der Waals surface area contributed by atoms with E-state index in [0.717, 1.165) is 31.0 Å². The van der Waals surface area contributed by atoms with Gasteiger partial charge in [0.2, 0.25) is 10.4 Å². The van der Waals surface area contributed by atoms with Gasteiger partial charge in [0.1, 0.15) is 6.54 Å². The highest BCUT2D eigenvalue weighted by Crippen LogP contribution is 2.13. The quantitative estimate of drug-likeness (QED) is 0.137. The second-order valence-electron chi connectivity index (χ2n) is 9.24. The second kappa shape index (κ2) is 22.7. The standard InChI is InChI=1S/C23H46N2O2.C2H6O4S/c1-2-3-4-5-6-7-8-9-10-11-12-13-14-15-16-17-18-24-19-20-25(21-22-26)23(24)27;1-2-6-7(3,4)5/h26H,2-22H2,1H3;2H2,1H3,(H,3,4,5). The van der Waals surface area contributed by atoms with E-state index in [-0.39, 0.29) is 19.2 Å². The maximum atomic E-state index is 12.1. The van der Waals surface area contributed by atoms with Crippen molar-refractivity contribution in [1.29, 1.82) is 0 Å². The largest absolute Gasteiger partial charge is 0.726 e. The van der Waals surface area contributed by atoms with Crippen LogP contribution in [0.4, 0.5) is 4.79 Å². The molecule has 0 spiro atoms. The van der Waals surface area contributed by atoms with Crippen molar-refractivity contribution in [2.45, 2.75) is 117 Å². The molecule has 34 heavy (non-hydrogen) atoms. The molecular formula is C25H52N2O6S. The van der Waals surface area contributed by atoms with E-state index < -0.39 is 10.4 Å². The van der Waals surface area contributed by atoms with E-state index >= 15 is 0 Å². The Morgan fingerprint density at radius 3 is 1.65 bits per heavy atom. The molecule has 1 atom stereocenters. The van der Waals surface area contributed by atoms with Crippen molar-refractivity contribution in [3.05, 3.63) is 0 Å².